The molecule has 0 aliphatic carbocycles. The van der Waals surface area contributed by atoms with Crippen molar-refractivity contribution in [3.8, 4) is 6.07 Å². The number of aromatic nitrogens is 1. The van der Waals surface area contributed by atoms with Crippen LogP contribution in [-0.4, -0.2) is 52.5 Å². The summed E-state index contributed by atoms with van der Waals surface area (Å²) in [7, 11) is 0. The molecule has 9 heteroatoms. The topological polar surface area (TPSA) is 78.6 Å². The van der Waals surface area contributed by atoms with Crippen molar-refractivity contribution < 1.29 is 9.53 Å². The van der Waals surface area contributed by atoms with Gasteiger partial charge in [-0.1, -0.05) is 69.9 Å². The van der Waals surface area contributed by atoms with Crippen LogP contribution in [0.15, 0.2) is 9.70 Å². The fourth-order valence-electron chi connectivity index (χ4n) is 4.57. The predicted octanol–water partition coefficient (Wildman–Crippen LogP) is 4.84. The lowest BCUT2D eigenvalue weighted by Crippen LogP contribution is -2.41. The minimum Gasteiger partial charge on any atom is -0.378 e. The number of morpholine rings is 1. The number of ether oxygens (including phenoxy) is 1. The quantitative estimate of drug-likeness (QED) is 0.237. The summed E-state index contributed by atoms with van der Waals surface area (Å²) in [6.07, 6.45) is 9.48. The Hall–Kier alpha value is -2.15. The summed E-state index contributed by atoms with van der Waals surface area (Å²) in [4.78, 5) is 30.9. The highest BCUT2D eigenvalue weighted by atomic mass is 32.2. The second kappa shape index (κ2) is 13.2. The monoisotopic (exact) mass is 516 g/mol. The Morgan fingerprint density at radius 3 is 2.40 bits per heavy atom. The summed E-state index contributed by atoms with van der Waals surface area (Å²) >= 11 is 6.86. The molecule has 0 atom stereocenters. The molecule has 3 heterocycles. The third-order valence-corrected chi connectivity index (χ3v) is 7.87. The van der Waals surface area contributed by atoms with Gasteiger partial charge >= 0.3 is 0 Å². The SMILES string of the molecule is CCCCCCCCN1C(=O)/C(=C/c2c(C)c(C#N)c(=O)n(CCC)c2N2CCOCC2)SC1=S. The average Bonchev–Trinajstić information content (AvgIpc) is 3.12. The Balaban J connectivity index is 1.96. The van der Waals surface area contributed by atoms with E-state index >= 15 is 0 Å². The summed E-state index contributed by atoms with van der Waals surface area (Å²) in [5.74, 6) is 0.672. The number of hydrogen-bond acceptors (Lipinski definition) is 7. The molecule has 0 aromatic carbocycles. The number of rotatable bonds is 11. The Labute approximate surface area is 218 Å². The lowest BCUT2D eigenvalue weighted by Gasteiger charge is -2.33. The van der Waals surface area contributed by atoms with Gasteiger partial charge in [0.15, 0.2) is 0 Å². The van der Waals surface area contributed by atoms with Gasteiger partial charge in [0.1, 0.15) is 21.8 Å². The van der Waals surface area contributed by atoms with Gasteiger partial charge in [-0.05, 0) is 31.4 Å². The van der Waals surface area contributed by atoms with Gasteiger partial charge in [-0.25, -0.2) is 0 Å². The Kier molecular flexibility index (Phi) is 10.4. The van der Waals surface area contributed by atoms with Crippen LogP contribution in [0.2, 0.25) is 0 Å². The van der Waals surface area contributed by atoms with Crippen molar-refractivity contribution in [2.45, 2.75) is 72.3 Å². The van der Waals surface area contributed by atoms with Crippen LogP contribution in [0, 0.1) is 18.3 Å². The molecule has 1 aromatic heterocycles. The number of thioether (sulfide) groups is 1. The summed E-state index contributed by atoms with van der Waals surface area (Å²) in [5, 5.41) is 9.77. The van der Waals surface area contributed by atoms with Crippen LogP contribution in [-0.2, 0) is 16.1 Å². The largest absolute Gasteiger partial charge is 0.378 e. The van der Waals surface area contributed by atoms with Gasteiger partial charge in [0, 0.05) is 31.7 Å². The normalized spacial score (nSPS) is 17.5. The molecular weight excluding hydrogens is 480 g/mol. The molecule has 35 heavy (non-hydrogen) atoms. The lowest BCUT2D eigenvalue weighted by atomic mass is 10.0. The van der Waals surface area contributed by atoms with E-state index in [9.17, 15) is 14.9 Å². The van der Waals surface area contributed by atoms with E-state index in [0.717, 1.165) is 30.6 Å². The van der Waals surface area contributed by atoms with Crippen molar-refractivity contribution in [2.75, 3.05) is 37.7 Å². The first-order valence-corrected chi connectivity index (χ1v) is 13.9. The number of carbonyl (C=O) groups excluding carboxylic acids is 1. The summed E-state index contributed by atoms with van der Waals surface area (Å²) < 4.78 is 7.80. The van der Waals surface area contributed by atoms with Crippen LogP contribution in [0.1, 0.15) is 75.5 Å². The Morgan fingerprint density at radius 1 is 1.06 bits per heavy atom. The van der Waals surface area contributed by atoms with Crippen LogP contribution in [0.3, 0.4) is 0 Å². The molecule has 190 valence electrons. The maximum Gasteiger partial charge on any atom is 0.270 e. The van der Waals surface area contributed by atoms with E-state index in [1.165, 1.54) is 37.4 Å². The summed E-state index contributed by atoms with van der Waals surface area (Å²) in [6.45, 7) is 9.56. The summed E-state index contributed by atoms with van der Waals surface area (Å²) in [5.41, 5.74) is 1.20. The van der Waals surface area contributed by atoms with E-state index in [-0.39, 0.29) is 17.0 Å². The molecule has 3 rings (SSSR count). The van der Waals surface area contributed by atoms with Gasteiger partial charge in [-0.3, -0.25) is 19.1 Å². The Bertz CT molecular complexity index is 1070. The highest BCUT2D eigenvalue weighted by Crippen LogP contribution is 2.36. The van der Waals surface area contributed by atoms with Gasteiger partial charge in [0.05, 0.1) is 18.1 Å². The summed E-state index contributed by atoms with van der Waals surface area (Å²) in [6, 6.07) is 2.10. The number of unbranched alkanes of at least 4 members (excludes halogenated alkanes) is 5. The average molecular weight is 517 g/mol. The smallest absolute Gasteiger partial charge is 0.270 e. The van der Waals surface area contributed by atoms with Gasteiger partial charge in [-0.15, -0.1) is 0 Å². The Morgan fingerprint density at radius 2 is 1.74 bits per heavy atom. The van der Waals surface area contributed by atoms with Crippen molar-refractivity contribution in [1.82, 2.24) is 9.47 Å². The number of amides is 1. The molecule has 2 aliphatic heterocycles. The maximum absolute atomic E-state index is 13.3. The number of anilines is 1. The van der Waals surface area contributed by atoms with Crippen LogP contribution < -0.4 is 10.5 Å². The second-order valence-corrected chi connectivity index (χ2v) is 10.7. The molecule has 2 fully saturated rings. The first-order chi connectivity index (χ1) is 16.9. The predicted molar refractivity (Wildman–Crippen MR) is 147 cm³/mol. The number of pyridine rings is 1. The highest BCUT2D eigenvalue weighted by Gasteiger charge is 2.33. The molecule has 1 aromatic rings. The van der Waals surface area contributed by atoms with E-state index in [1.54, 1.807) is 16.4 Å². The minimum absolute atomic E-state index is 0.0902. The molecule has 2 saturated heterocycles. The highest BCUT2D eigenvalue weighted by molar-refractivity contribution is 8.26. The molecule has 0 radical (unpaired) electrons. The zero-order valence-corrected chi connectivity index (χ0v) is 22.7. The number of carbonyl (C=O) groups is 1. The van der Waals surface area contributed by atoms with Crippen molar-refractivity contribution in [3.63, 3.8) is 0 Å². The standard InChI is InChI=1S/C26H36N4O3S2/c1-4-6-7-8-9-10-12-30-25(32)22(35-26(30)34)17-20-19(3)21(18-27)24(31)29(11-5-2)23(20)28-13-15-33-16-14-28/h17H,4-16H2,1-3H3/b22-17-. The van der Waals surface area contributed by atoms with Crippen LogP contribution in [0.5, 0.6) is 0 Å². The van der Waals surface area contributed by atoms with E-state index in [4.69, 9.17) is 17.0 Å². The van der Waals surface area contributed by atoms with Crippen molar-refractivity contribution in [3.05, 3.63) is 31.9 Å². The molecule has 7 nitrogen and oxygen atoms in total. The molecule has 1 amide bonds. The molecule has 0 spiro atoms. The maximum atomic E-state index is 13.3. The molecule has 0 saturated carbocycles. The molecule has 2 aliphatic rings. The molecular formula is C26H36N4O3S2. The number of hydrogen-bond donors (Lipinski definition) is 0. The van der Waals surface area contributed by atoms with Crippen molar-refractivity contribution in [1.29, 1.82) is 5.26 Å². The molecule has 0 bridgehead atoms. The molecule has 0 N–H and O–H groups in total. The number of thiocarbonyl (C=S) groups is 1. The first-order valence-electron chi connectivity index (χ1n) is 12.7. The van der Waals surface area contributed by atoms with E-state index in [0.29, 0.717) is 54.2 Å². The third kappa shape index (κ3) is 6.35. The second-order valence-electron chi connectivity index (χ2n) is 9.01. The van der Waals surface area contributed by atoms with Gasteiger partial charge in [-0.2, -0.15) is 5.26 Å². The van der Waals surface area contributed by atoms with Crippen LogP contribution >= 0.6 is 24.0 Å². The van der Waals surface area contributed by atoms with Crippen LogP contribution in [0.4, 0.5) is 5.82 Å². The zero-order valence-electron chi connectivity index (χ0n) is 21.1. The fourth-order valence-corrected chi connectivity index (χ4v) is 5.86. The van der Waals surface area contributed by atoms with Gasteiger partial charge in [0.25, 0.3) is 11.5 Å². The lowest BCUT2D eigenvalue weighted by molar-refractivity contribution is -0.122. The number of nitrogens with zero attached hydrogens (tertiary/aromatic N) is 4. The van der Waals surface area contributed by atoms with Crippen LogP contribution in [0.25, 0.3) is 6.08 Å². The zero-order chi connectivity index (χ0) is 25.4. The minimum atomic E-state index is -0.277. The van der Waals surface area contributed by atoms with Gasteiger partial charge < -0.3 is 9.64 Å². The van der Waals surface area contributed by atoms with Crippen molar-refractivity contribution >= 4 is 46.1 Å². The van der Waals surface area contributed by atoms with E-state index in [1.807, 2.05) is 13.0 Å². The number of nitriles is 1. The first kappa shape index (κ1) is 27.4. The fraction of sp³-hybridized carbons (Fsp3) is 0.615. The van der Waals surface area contributed by atoms with E-state index < -0.39 is 0 Å². The third-order valence-electron chi connectivity index (χ3n) is 6.49. The molecule has 0 unspecified atom stereocenters. The van der Waals surface area contributed by atoms with E-state index in [2.05, 4.69) is 17.9 Å². The van der Waals surface area contributed by atoms with Gasteiger partial charge in [0.2, 0.25) is 0 Å². The van der Waals surface area contributed by atoms with Crippen molar-refractivity contribution in [2.24, 2.45) is 0 Å².